The van der Waals surface area contributed by atoms with E-state index < -0.39 is 12.2 Å². The minimum absolute atomic E-state index is 0.166. The Balaban J connectivity index is 1.68. The molecular weight excluding hydrogens is 290 g/mol. The van der Waals surface area contributed by atoms with Crippen LogP contribution >= 0.6 is 0 Å². The molecule has 0 bridgehead atoms. The summed E-state index contributed by atoms with van der Waals surface area (Å²) in [6.45, 7) is 2.54. The zero-order chi connectivity index (χ0) is 16.5. The molecule has 122 valence electrons. The van der Waals surface area contributed by atoms with Crippen molar-refractivity contribution < 1.29 is 14.6 Å². The number of aliphatic hydroxyl groups is 1. The molecule has 0 aliphatic carbocycles. The molecule has 2 rings (SSSR count). The second-order valence-corrected chi connectivity index (χ2v) is 5.45. The number of hydrogen-bond donors (Lipinski definition) is 2. The summed E-state index contributed by atoms with van der Waals surface area (Å²) in [5.74, 6) is -0.166. The van der Waals surface area contributed by atoms with E-state index in [-0.39, 0.29) is 5.91 Å². The maximum Gasteiger partial charge on any atom is 0.248 e. The molecule has 2 aromatic carbocycles. The summed E-state index contributed by atoms with van der Waals surface area (Å²) in [6.07, 6.45) is -0.623. The molecule has 2 unspecified atom stereocenters. The molecule has 2 N–H and O–H groups in total. The molecule has 0 aromatic heterocycles. The molecule has 0 aliphatic rings. The predicted octanol–water partition coefficient (Wildman–Crippen LogP) is 2.83. The number of benzene rings is 2. The van der Waals surface area contributed by atoms with Gasteiger partial charge in [0.25, 0.3) is 0 Å². The number of nitrogens with one attached hydrogen (secondary N) is 1. The molecule has 0 heterocycles. The number of aliphatic hydroxyl groups excluding tert-OH is 1. The minimum atomic E-state index is -0.572. The summed E-state index contributed by atoms with van der Waals surface area (Å²) in [7, 11) is 0. The third-order valence-electron chi connectivity index (χ3n) is 3.61. The highest BCUT2D eigenvalue weighted by molar-refractivity contribution is 5.80. The first-order chi connectivity index (χ1) is 11.2. The van der Waals surface area contributed by atoms with Crippen LogP contribution in [0.1, 0.15) is 30.6 Å². The van der Waals surface area contributed by atoms with E-state index in [1.54, 1.807) is 6.92 Å². The molecule has 0 radical (unpaired) electrons. The maximum atomic E-state index is 12.0. The molecule has 4 heteroatoms. The Hall–Kier alpha value is -2.17. The van der Waals surface area contributed by atoms with E-state index in [4.69, 9.17) is 4.74 Å². The standard InChI is InChI=1S/C19H23NO3/c1-15(23-14-16-8-4-2-5-9-16)19(22)20-13-12-18(21)17-10-6-3-7-11-17/h2-11,15,18,21H,12-14H2,1H3,(H,20,22). The summed E-state index contributed by atoms with van der Waals surface area (Å²) in [6, 6.07) is 19.2. The van der Waals surface area contributed by atoms with Crippen molar-refractivity contribution in [1.82, 2.24) is 5.32 Å². The maximum absolute atomic E-state index is 12.0. The van der Waals surface area contributed by atoms with Gasteiger partial charge in [0.05, 0.1) is 12.7 Å². The molecule has 2 atom stereocenters. The van der Waals surface area contributed by atoms with Gasteiger partial charge in [0.2, 0.25) is 5.91 Å². The highest BCUT2D eigenvalue weighted by atomic mass is 16.5. The number of ether oxygens (including phenoxy) is 1. The SMILES string of the molecule is CC(OCc1ccccc1)C(=O)NCCC(O)c1ccccc1. The van der Waals surface area contributed by atoms with Gasteiger partial charge in [0.1, 0.15) is 6.10 Å². The van der Waals surface area contributed by atoms with E-state index in [2.05, 4.69) is 5.32 Å². The Morgan fingerprint density at radius 2 is 1.70 bits per heavy atom. The molecule has 2 aromatic rings. The molecule has 0 saturated heterocycles. The van der Waals surface area contributed by atoms with Crippen LogP contribution < -0.4 is 5.32 Å². The lowest BCUT2D eigenvalue weighted by molar-refractivity contribution is -0.132. The zero-order valence-electron chi connectivity index (χ0n) is 13.3. The summed E-state index contributed by atoms with van der Waals surface area (Å²) < 4.78 is 5.56. The zero-order valence-corrected chi connectivity index (χ0v) is 13.3. The van der Waals surface area contributed by atoms with Crippen molar-refractivity contribution in [2.24, 2.45) is 0 Å². The second kappa shape index (κ2) is 9.08. The van der Waals surface area contributed by atoms with E-state index in [0.29, 0.717) is 19.6 Å². The lowest BCUT2D eigenvalue weighted by atomic mass is 10.1. The molecule has 0 spiro atoms. The predicted molar refractivity (Wildman–Crippen MR) is 89.7 cm³/mol. The van der Waals surface area contributed by atoms with Gasteiger partial charge in [0, 0.05) is 6.54 Å². The number of hydrogen-bond acceptors (Lipinski definition) is 3. The number of carbonyl (C=O) groups excluding carboxylic acids is 1. The van der Waals surface area contributed by atoms with Crippen LogP contribution in [0.4, 0.5) is 0 Å². The summed E-state index contributed by atoms with van der Waals surface area (Å²) >= 11 is 0. The van der Waals surface area contributed by atoms with E-state index in [1.165, 1.54) is 0 Å². The average Bonchev–Trinajstić information content (AvgIpc) is 2.61. The van der Waals surface area contributed by atoms with Crippen molar-refractivity contribution >= 4 is 5.91 Å². The number of rotatable bonds is 8. The van der Waals surface area contributed by atoms with E-state index in [1.807, 2.05) is 60.7 Å². The number of carbonyl (C=O) groups is 1. The largest absolute Gasteiger partial charge is 0.388 e. The smallest absolute Gasteiger partial charge is 0.248 e. The van der Waals surface area contributed by atoms with Crippen molar-refractivity contribution in [3.8, 4) is 0 Å². The van der Waals surface area contributed by atoms with E-state index in [0.717, 1.165) is 11.1 Å². The van der Waals surface area contributed by atoms with E-state index in [9.17, 15) is 9.90 Å². The van der Waals surface area contributed by atoms with Crippen molar-refractivity contribution in [2.75, 3.05) is 6.54 Å². The van der Waals surface area contributed by atoms with Crippen molar-refractivity contribution in [1.29, 1.82) is 0 Å². The summed E-state index contributed by atoms with van der Waals surface area (Å²) in [5.41, 5.74) is 1.89. The Kier molecular flexibility index (Phi) is 6.78. The summed E-state index contributed by atoms with van der Waals surface area (Å²) in [4.78, 5) is 12.0. The molecule has 23 heavy (non-hydrogen) atoms. The Labute approximate surface area is 137 Å². The monoisotopic (exact) mass is 313 g/mol. The molecule has 1 amide bonds. The Morgan fingerprint density at radius 3 is 2.35 bits per heavy atom. The topological polar surface area (TPSA) is 58.6 Å². The first kappa shape index (κ1) is 17.2. The quantitative estimate of drug-likeness (QED) is 0.788. The third-order valence-corrected chi connectivity index (χ3v) is 3.61. The highest BCUT2D eigenvalue weighted by Crippen LogP contribution is 2.14. The van der Waals surface area contributed by atoms with Crippen molar-refractivity contribution in [3.05, 3.63) is 71.8 Å². The van der Waals surface area contributed by atoms with Crippen LogP contribution in [0.25, 0.3) is 0 Å². The molecular formula is C19H23NO3. The highest BCUT2D eigenvalue weighted by Gasteiger charge is 2.14. The van der Waals surface area contributed by atoms with Gasteiger partial charge in [-0.15, -0.1) is 0 Å². The first-order valence-electron chi connectivity index (χ1n) is 7.83. The van der Waals surface area contributed by atoms with E-state index >= 15 is 0 Å². The van der Waals surface area contributed by atoms with Crippen LogP contribution in [-0.4, -0.2) is 23.7 Å². The normalized spacial score (nSPS) is 13.3. The fourth-order valence-electron chi connectivity index (χ4n) is 2.19. The first-order valence-corrected chi connectivity index (χ1v) is 7.83. The van der Waals surface area contributed by atoms with Crippen LogP contribution in [0.3, 0.4) is 0 Å². The molecule has 4 nitrogen and oxygen atoms in total. The van der Waals surface area contributed by atoms with Crippen LogP contribution in [-0.2, 0) is 16.1 Å². The van der Waals surface area contributed by atoms with Gasteiger partial charge in [0.15, 0.2) is 0 Å². The van der Waals surface area contributed by atoms with Gasteiger partial charge in [-0.1, -0.05) is 60.7 Å². The van der Waals surface area contributed by atoms with Gasteiger partial charge in [-0.2, -0.15) is 0 Å². The lowest BCUT2D eigenvalue weighted by Gasteiger charge is -2.15. The van der Waals surface area contributed by atoms with Crippen molar-refractivity contribution in [2.45, 2.75) is 32.2 Å². The molecule has 0 saturated carbocycles. The third kappa shape index (κ3) is 5.85. The van der Waals surface area contributed by atoms with Crippen LogP contribution in [0.2, 0.25) is 0 Å². The Morgan fingerprint density at radius 1 is 1.09 bits per heavy atom. The summed E-state index contributed by atoms with van der Waals surface area (Å²) in [5, 5.41) is 12.8. The lowest BCUT2D eigenvalue weighted by Crippen LogP contribution is -2.35. The second-order valence-electron chi connectivity index (χ2n) is 5.45. The van der Waals surface area contributed by atoms with Crippen LogP contribution in [0, 0.1) is 0 Å². The molecule has 0 fully saturated rings. The molecule has 0 aliphatic heterocycles. The van der Waals surface area contributed by atoms with Gasteiger partial charge in [-0.05, 0) is 24.5 Å². The van der Waals surface area contributed by atoms with Gasteiger partial charge in [-0.3, -0.25) is 4.79 Å². The van der Waals surface area contributed by atoms with Gasteiger partial charge >= 0.3 is 0 Å². The Bertz CT molecular complexity index is 586. The van der Waals surface area contributed by atoms with Gasteiger partial charge < -0.3 is 15.2 Å². The minimum Gasteiger partial charge on any atom is -0.388 e. The fourth-order valence-corrected chi connectivity index (χ4v) is 2.19. The van der Waals surface area contributed by atoms with Gasteiger partial charge in [-0.25, -0.2) is 0 Å². The van der Waals surface area contributed by atoms with Crippen LogP contribution in [0.5, 0.6) is 0 Å². The fraction of sp³-hybridized carbons (Fsp3) is 0.316. The van der Waals surface area contributed by atoms with Crippen LogP contribution in [0.15, 0.2) is 60.7 Å². The van der Waals surface area contributed by atoms with Crippen molar-refractivity contribution in [3.63, 3.8) is 0 Å². The number of amides is 1. The average molecular weight is 313 g/mol.